The van der Waals surface area contributed by atoms with Crippen LogP contribution in [0.15, 0.2) is 59.5 Å². The van der Waals surface area contributed by atoms with Crippen LogP contribution in [0.3, 0.4) is 0 Å². The van der Waals surface area contributed by atoms with Gasteiger partial charge < -0.3 is 10.2 Å². The van der Waals surface area contributed by atoms with Crippen molar-refractivity contribution in [2.75, 3.05) is 19.6 Å². The van der Waals surface area contributed by atoms with Gasteiger partial charge in [0.2, 0.25) is 0 Å². The van der Waals surface area contributed by atoms with Crippen LogP contribution in [0.1, 0.15) is 22.8 Å². The molecule has 25 heavy (non-hydrogen) atoms. The summed E-state index contributed by atoms with van der Waals surface area (Å²) in [6, 6.07) is 15.6. The predicted octanol–water partition coefficient (Wildman–Crippen LogP) is 2.09. The first-order chi connectivity index (χ1) is 12.0. The van der Waals surface area contributed by atoms with Gasteiger partial charge in [0.25, 0.3) is 5.91 Å². The first kappa shape index (κ1) is 17.6. The van der Waals surface area contributed by atoms with E-state index in [2.05, 4.69) is 5.32 Å². The number of sulfone groups is 1. The van der Waals surface area contributed by atoms with Gasteiger partial charge in [0, 0.05) is 31.2 Å². The Hall–Kier alpha value is -2.18. The molecule has 1 atom stereocenters. The van der Waals surface area contributed by atoms with Crippen molar-refractivity contribution in [2.24, 2.45) is 0 Å². The molecule has 0 spiro atoms. The van der Waals surface area contributed by atoms with Gasteiger partial charge in [0.1, 0.15) is 0 Å². The summed E-state index contributed by atoms with van der Waals surface area (Å²) >= 11 is 0. The van der Waals surface area contributed by atoms with Crippen LogP contribution in [0.5, 0.6) is 0 Å². The predicted molar refractivity (Wildman–Crippen MR) is 97.1 cm³/mol. The summed E-state index contributed by atoms with van der Waals surface area (Å²) in [5, 5.41) is 3.31. The zero-order chi connectivity index (χ0) is 17.9. The fraction of sp³-hybridized carbons (Fsp3) is 0.316. The topological polar surface area (TPSA) is 66.5 Å². The highest BCUT2D eigenvalue weighted by molar-refractivity contribution is 7.90. The number of amides is 1. The quantitative estimate of drug-likeness (QED) is 0.909. The molecule has 6 heteroatoms. The smallest absolute Gasteiger partial charge is 0.253 e. The van der Waals surface area contributed by atoms with Crippen LogP contribution < -0.4 is 5.32 Å². The lowest BCUT2D eigenvalue weighted by Crippen LogP contribution is -2.51. The van der Waals surface area contributed by atoms with Gasteiger partial charge >= 0.3 is 0 Å². The summed E-state index contributed by atoms with van der Waals surface area (Å²) in [5.74, 6) is -0.164. The Bertz CT molecular complexity index is 850. The van der Waals surface area contributed by atoms with Gasteiger partial charge in [-0.05, 0) is 36.8 Å². The van der Waals surface area contributed by atoms with Crippen molar-refractivity contribution in [1.82, 2.24) is 10.2 Å². The van der Waals surface area contributed by atoms with E-state index in [4.69, 9.17) is 0 Å². The Morgan fingerprint density at radius 3 is 2.64 bits per heavy atom. The number of nitrogens with zero attached hydrogens (tertiary/aromatic N) is 1. The molecule has 2 aromatic carbocycles. The van der Waals surface area contributed by atoms with Crippen LogP contribution in [0, 0.1) is 0 Å². The number of hydrogen-bond acceptors (Lipinski definition) is 4. The maximum atomic E-state index is 12.7. The second-order valence-electron chi connectivity index (χ2n) is 6.38. The summed E-state index contributed by atoms with van der Waals surface area (Å²) in [4.78, 5) is 14.8. The van der Waals surface area contributed by atoms with E-state index < -0.39 is 9.84 Å². The Balaban J connectivity index is 1.79. The molecule has 1 saturated heterocycles. The molecule has 0 unspecified atom stereocenters. The lowest BCUT2D eigenvalue weighted by Gasteiger charge is -2.32. The highest BCUT2D eigenvalue weighted by atomic mass is 32.2. The zero-order valence-corrected chi connectivity index (χ0v) is 15.0. The van der Waals surface area contributed by atoms with Gasteiger partial charge in [-0.2, -0.15) is 0 Å². The molecular weight excluding hydrogens is 336 g/mol. The van der Waals surface area contributed by atoms with Crippen molar-refractivity contribution in [2.45, 2.75) is 23.6 Å². The fourth-order valence-electron chi connectivity index (χ4n) is 3.02. The number of rotatable bonds is 4. The van der Waals surface area contributed by atoms with Gasteiger partial charge in [-0.25, -0.2) is 8.42 Å². The first-order valence-corrected chi connectivity index (χ1v) is 10.0. The molecule has 5 nitrogen and oxygen atoms in total. The summed E-state index contributed by atoms with van der Waals surface area (Å²) in [7, 11) is -3.42. The van der Waals surface area contributed by atoms with E-state index >= 15 is 0 Å². The van der Waals surface area contributed by atoms with E-state index in [1.54, 1.807) is 54.6 Å². The molecule has 1 aliphatic heterocycles. The maximum absolute atomic E-state index is 12.7. The average molecular weight is 358 g/mol. The highest BCUT2D eigenvalue weighted by Gasteiger charge is 2.22. The number of piperazine rings is 1. The van der Waals surface area contributed by atoms with Gasteiger partial charge in [0.05, 0.1) is 10.6 Å². The van der Waals surface area contributed by atoms with Gasteiger partial charge in [0.15, 0.2) is 9.84 Å². The van der Waals surface area contributed by atoms with E-state index in [9.17, 15) is 13.2 Å². The second kappa shape index (κ2) is 7.37. The summed E-state index contributed by atoms with van der Waals surface area (Å²) < 4.78 is 25.0. The van der Waals surface area contributed by atoms with E-state index in [1.165, 1.54) is 0 Å². The largest absolute Gasteiger partial charge is 0.336 e. The summed E-state index contributed by atoms with van der Waals surface area (Å²) in [5.41, 5.74) is 1.16. The van der Waals surface area contributed by atoms with E-state index in [1.807, 2.05) is 11.8 Å². The Labute approximate surface area is 148 Å². The normalized spacial score (nSPS) is 18.1. The first-order valence-electron chi connectivity index (χ1n) is 8.35. The Morgan fingerprint density at radius 1 is 1.16 bits per heavy atom. The molecule has 3 rings (SSSR count). The minimum absolute atomic E-state index is 0.0488. The fourth-order valence-corrected chi connectivity index (χ4v) is 4.38. The monoisotopic (exact) mass is 358 g/mol. The summed E-state index contributed by atoms with van der Waals surface area (Å²) in [6.45, 7) is 4.14. The number of carbonyl (C=O) groups is 1. The average Bonchev–Trinajstić information content (AvgIpc) is 2.62. The SMILES string of the molecule is C[C@H]1CN(C(=O)c2cccc(CS(=O)(=O)c3ccccc3)c2)CCN1. The highest BCUT2D eigenvalue weighted by Crippen LogP contribution is 2.18. The van der Waals surface area contributed by atoms with Crippen LogP contribution in [0.25, 0.3) is 0 Å². The van der Waals surface area contributed by atoms with Crippen LogP contribution in [0.2, 0.25) is 0 Å². The van der Waals surface area contributed by atoms with Crippen molar-refractivity contribution in [1.29, 1.82) is 0 Å². The molecule has 0 bridgehead atoms. The molecule has 132 valence electrons. The van der Waals surface area contributed by atoms with Crippen molar-refractivity contribution in [3.05, 3.63) is 65.7 Å². The molecule has 0 aliphatic carbocycles. The standard InChI is InChI=1S/C19H22N2O3S/c1-15-13-21(11-10-20-15)19(22)17-7-5-6-16(12-17)14-25(23,24)18-8-3-2-4-9-18/h2-9,12,15,20H,10-11,13-14H2,1H3/t15-/m0/s1. The molecule has 1 N–H and O–H groups in total. The number of carbonyl (C=O) groups excluding carboxylic acids is 1. The molecule has 1 aliphatic rings. The molecule has 1 amide bonds. The van der Waals surface area contributed by atoms with Gasteiger partial charge in [-0.1, -0.05) is 30.3 Å². The minimum Gasteiger partial charge on any atom is -0.336 e. The van der Waals surface area contributed by atoms with Crippen LogP contribution in [-0.2, 0) is 15.6 Å². The second-order valence-corrected chi connectivity index (χ2v) is 8.37. The number of hydrogen-bond donors (Lipinski definition) is 1. The number of benzene rings is 2. The van der Waals surface area contributed by atoms with Crippen LogP contribution >= 0.6 is 0 Å². The molecule has 0 saturated carbocycles. The molecule has 1 fully saturated rings. The van der Waals surface area contributed by atoms with Crippen LogP contribution in [0.4, 0.5) is 0 Å². The zero-order valence-electron chi connectivity index (χ0n) is 14.2. The third-order valence-electron chi connectivity index (χ3n) is 4.29. The lowest BCUT2D eigenvalue weighted by molar-refractivity contribution is 0.0709. The third kappa shape index (κ3) is 4.27. The van der Waals surface area contributed by atoms with Crippen molar-refractivity contribution in [3.8, 4) is 0 Å². The molecular formula is C19H22N2O3S. The molecule has 2 aromatic rings. The number of nitrogens with one attached hydrogen (secondary N) is 1. The molecule has 1 heterocycles. The molecule has 0 radical (unpaired) electrons. The Morgan fingerprint density at radius 2 is 1.92 bits per heavy atom. The lowest BCUT2D eigenvalue weighted by atomic mass is 10.1. The van der Waals surface area contributed by atoms with Gasteiger partial charge in [-0.15, -0.1) is 0 Å². The minimum atomic E-state index is -3.42. The van der Waals surface area contributed by atoms with E-state index in [0.29, 0.717) is 29.1 Å². The van der Waals surface area contributed by atoms with E-state index in [-0.39, 0.29) is 17.7 Å². The van der Waals surface area contributed by atoms with E-state index in [0.717, 1.165) is 6.54 Å². The van der Waals surface area contributed by atoms with Crippen molar-refractivity contribution < 1.29 is 13.2 Å². The van der Waals surface area contributed by atoms with Crippen molar-refractivity contribution in [3.63, 3.8) is 0 Å². The van der Waals surface area contributed by atoms with Crippen LogP contribution in [-0.4, -0.2) is 44.9 Å². The molecule has 0 aromatic heterocycles. The maximum Gasteiger partial charge on any atom is 0.253 e. The summed E-state index contributed by atoms with van der Waals surface area (Å²) in [6.07, 6.45) is 0. The van der Waals surface area contributed by atoms with Gasteiger partial charge in [-0.3, -0.25) is 4.79 Å². The third-order valence-corrected chi connectivity index (χ3v) is 5.99. The Kier molecular flexibility index (Phi) is 5.20. The van der Waals surface area contributed by atoms with Crippen molar-refractivity contribution >= 4 is 15.7 Å².